The van der Waals surface area contributed by atoms with E-state index >= 15 is 0 Å². The number of hydrogen-bond donors (Lipinski definition) is 2. The molecule has 8 heteroatoms. The minimum atomic E-state index is -0.435. The van der Waals surface area contributed by atoms with Crippen LogP contribution < -0.4 is 11.1 Å². The molecular formula is C14H21Cl2N3O2S. The maximum atomic E-state index is 12.1. The van der Waals surface area contributed by atoms with E-state index in [4.69, 9.17) is 10.2 Å². The van der Waals surface area contributed by atoms with Crippen LogP contribution in [0.15, 0.2) is 16.5 Å². The summed E-state index contributed by atoms with van der Waals surface area (Å²) in [6, 6.07) is 3.74. The Kier molecular flexibility index (Phi) is 7.57. The molecule has 0 saturated heterocycles. The molecule has 0 radical (unpaired) electrons. The number of aromatic nitrogens is 1. The monoisotopic (exact) mass is 365 g/mol. The van der Waals surface area contributed by atoms with Crippen molar-refractivity contribution in [3.63, 3.8) is 0 Å². The second-order valence-electron chi connectivity index (χ2n) is 5.52. The second kappa shape index (κ2) is 7.97. The maximum absolute atomic E-state index is 12.1. The van der Waals surface area contributed by atoms with E-state index in [-0.39, 0.29) is 30.7 Å². The summed E-state index contributed by atoms with van der Waals surface area (Å²) < 4.78 is 5.53. The van der Waals surface area contributed by atoms with E-state index in [9.17, 15) is 4.79 Å². The predicted molar refractivity (Wildman–Crippen MR) is 94.4 cm³/mol. The lowest BCUT2D eigenvalue weighted by Crippen LogP contribution is -2.45. The van der Waals surface area contributed by atoms with Crippen LogP contribution in [0, 0.1) is 13.8 Å². The van der Waals surface area contributed by atoms with Gasteiger partial charge in [0, 0.05) is 12.1 Å². The van der Waals surface area contributed by atoms with Gasteiger partial charge in [-0.05, 0) is 39.8 Å². The SMILES string of the molecule is Cc1ccc(-c2nc(C)c(C(=O)NCC(C)(C)N)s2)o1.Cl.Cl. The normalized spacial score (nSPS) is 10.6. The van der Waals surface area contributed by atoms with Crippen LogP contribution in [0.2, 0.25) is 0 Å². The highest BCUT2D eigenvalue weighted by Crippen LogP contribution is 2.29. The van der Waals surface area contributed by atoms with Crippen LogP contribution in [-0.2, 0) is 0 Å². The summed E-state index contributed by atoms with van der Waals surface area (Å²) in [4.78, 5) is 17.1. The standard InChI is InChI=1S/C14H19N3O2S.2ClH/c1-8-5-6-10(19-8)13-17-9(2)11(20-13)12(18)16-7-14(3,4)15;;/h5-6H,7,15H2,1-4H3,(H,16,18);2*1H. The van der Waals surface area contributed by atoms with Gasteiger partial charge >= 0.3 is 0 Å². The van der Waals surface area contributed by atoms with Crippen molar-refractivity contribution < 1.29 is 9.21 Å². The molecule has 2 heterocycles. The Morgan fingerprint density at radius 3 is 2.50 bits per heavy atom. The largest absolute Gasteiger partial charge is 0.459 e. The van der Waals surface area contributed by atoms with Crippen LogP contribution >= 0.6 is 36.2 Å². The molecule has 0 bridgehead atoms. The smallest absolute Gasteiger partial charge is 0.263 e. The Hall–Kier alpha value is -1.08. The molecule has 124 valence electrons. The molecule has 0 aliphatic heterocycles. The number of nitrogens with zero attached hydrogens (tertiary/aromatic N) is 1. The van der Waals surface area contributed by atoms with Crippen molar-refractivity contribution in [1.29, 1.82) is 0 Å². The van der Waals surface area contributed by atoms with Crippen molar-refractivity contribution in [3.05, 3.63) is 28.5 Å². The zero-order valence-electron chi connectivity index (χ0n) is 12.9. The molecule has 5 nitrogen and oxygen atoms in total. The number of nitrogens with two attached hydrogens (primary N) is 1. The first kappa shape index (κ1) is 20.9. The van der Waals surface area contributed by atoms with Crippen LogP contribution in [0.1, 0.15) is 35.0 Å². The van der Waals surface area contributed by atoms with Gasteiger partial charge < -0.3 is 15.5 Å². The number of halogens is 2. The van der Waals surface area contributed by atoms with Gasteiger partial charge in [0.05, 0.1) is 5.69 Å². The average molecular weight is 366 g/mol. The number of aryl methyl sites for hydroxylation is 2. The fourth-order valence-electron chi connectivity index (χ4n) is 1.65. The summed E-state index contributed by atoms with van der Waals surface area (Å²) >= 11 is 1.33. The average Bonchev–Trinajstić information content (AvgIpc) is 2.91. The molecule has 0 aliphatic rings. The van der Waals surface area contributed by atoms with Gasteiger partial charge in [0.1, 0.15) is 10.6 Å². The Balaban J connectivity index is 0.00000220. The van der Waals surface area contributed by atoms with Gasteiger partial charge in [-0.25, -0.2) is 4.98 Å². The minimum Gasteiger partial charge on any atom is -0.459 e. The number of nitrogens with one attached hydrogen (secondary N) is 1. The van der Waals surface area contributed by atoms with Gasteiger partial charge in [-0.15, -0.1) is 36.2 Å². The van der Waals surface area contributed by atoms with Gasteiger partial charge in [0.2, 0.25) is 0 Å². The summed E-state index contributed by atoms with van der Waals surface area (Å²) in [7, 11) is 0. The third kappa shape index (κ3) is 5.28. The van der Waals surface area contributed by atoms with E-state index in [2.05, 4.69) is 10.3 Å². The van der Waals surface area contributed by atoms with E-state index in [1.54, 1.807) is 0 Å². The van der Waals surface area contributed by atoms with Crippen LogP contribution in [0.3, 0.4) is 0 Å². The van der Waals surface area contributed by atoms with Crippen molar-refractivity contribution >= 4 is 42.1 Å². The number of hydrogen-bond acceptors (Lipinski definition) is 5. The fraction of sp³-hybridized carbons (Fsp3) is 0.429. The highest BCUT2D eigenvalue weighted by atomic mass is 35.5. The third-order valence-corrected chi connectivity index (χ3v) is 3.83. The number of thiazole rings is 1. The van der Waals surface area contributed by atoms with Gasteiger partial charge in [-0.3, -0.25) is 4.79 Å². The molecule has 22 heavy (non-hydrogen) atoms. The summed E-state index contributed by atoms with van der Waals surface area (Å²) in [6.07, 6.45) is 0. The zero-order chi connectivity index (χ0) is 14.9. The van der Waals surface area contributed by atoms with E-state index in [0.717, 1.165) is 5.76 Å². The molecule has 1 amide bonds. The first-order valence-electron chi connectivity index (χ1n) is 6.37. The van der Waals surface area contributed by atoms with Gasteiger partial charge in [0.25, 0.3) is 5.91 Å². The van der Waals surface area contributed by atoms with Crippen molar-refractivity contribution in [2.45, 2.75) is 33.2 Å². The molecule has 2 rings (SSSR count). The molecule has 2 aromatic rings. The topological polar surface area (TPSA) is 81.2 Å². The maximum Gasteiger partial charge on any atom is 0.263 e. The molecular weight excluding hydrogens is 345 g/mol. The van der Waals surface area contributed by atoms with Gasteiger partial charge in [-0.2, -0.15) is 0 Å². The van der Waals surface area contributed by atoms with E-state index < -0.39 is 5.54 Å². The molecule has 0 aromatic carbocycles. The van der Waals surface area contributed by atoms with Gasteiger partial charge in [-0.1, -0.05) is 0 Å². The van der Waals surface area contributed by atoms with Crippen molar-refractivity contribution in [3.8, 4) is 10.8 Å². The first-order chi connectivity index (χ1) is 9.26. The Bertz CT molecular complexity index is 632. The molecule has 0 aliphatic carbocycles. The summed E-state index contributed by atoms with van der Waals surface area (Å²) in [5.41, 5.74) is 6.12. The number of rotatable bonds is 4. The highest BCUT2D eigenvalue weighted by Gasteiger charge is 2.19. The van der Waals surface area contributed by atoms with E-state index in [1.807, 2.05) is 39.8 Å². The van der Waals surface area contributed by atoms with Crippen LogP contribution in [0.5, 0.6) is 0 Å². The molecule has 0 saturated carbocycles. The molecule has 0 fully saturated rings. The van der Waals surface area contributed by atoms with Crippen LogP contribution in [0.25, 0.3) is 10.8 Å². The lowest BCUT2D eigenvalue weighted by molar-refractivity contribution is 0.0949. The molecule has 0 atom stereocenters. The Morgan fingerprint density at radius 1 is 1.36 bits per heavy atom. The molecule has 0 unspecified atom stereocenters. The summed E-state index contributed by atoms with van der Waals surface area (Å²) in [5, 5.41) is 3.54. The zero-order valence-corrected chi connectivity index (χ0v) is 15.4. The summed E-state index contributed by atoms with van der Waals surface area (Å²) in [6.45, 7) is 7.84. The van der Waals surface area contributed by atoms with Crippen LogP contribution in [0.4, 0.5) is 0 Å². The van der Waals surface area contributed by atoms with Crippen molar-refractivity contribution in [2.75, 3.05) is 6.54 Å². The lowest BCUT2D eigenvalue weighted by Gasteiger charge is -2.18. The molecule has 3 N–H and O–H groups in total. The third-order valence-electron chi connectivity index (χ3n) is 2.66. The summed E-state index contributed by atoms with van der Waals surface area (Å²) in [5.74, 6) is 1.37. The predicted octanol–water partition coefficient (Wildman–Crippen LogP) is 3.33. The number of carbonyl (C=O) groups excluding carboxylic acids is 1. The second-order valence-corrected chi connectivity index (χ2v) is 6.51. The Labute approximate surface area is 146 Å². The number of carbonyl (C=O) groups is 1. The lowest BCUT2D eigenvalue weighted by atomic mass is 10.1. The molecule has 2 aromatic heterocycles. The number of furan rings is 1. The van der Waals surface area contributed by atoms with Gasteiger partial charge in [0.15, 0.2) is 10.8 Å². The van der Waals surface area contributed by atoms with E-state index in [0.29, 0.717) is 27.9 Å². The molecule has 0 spiro atoms. The minimum absolute atomic E-state index is 0. The highest BCUT2D eigenvalue weighted by molar-refractivity contribution is 7.17. The van der Waals surface area contributed by atoms with E-state index in [1.165, 1.54) is 11.3 Å². The fourth-order valence-corrected chi connectivity index (χ4v) is 2.59. The Morgan fingerprint density at radius 2 is 2.00 bits per heavy atom. The number of amides is 1. The van der Waals surface area contributed by atoms with Crippen LogP contribution in [-0.4, -0.2) is 23.0 Å². The van der Waals surface area contributed by atoms with Crippen molar-refractivity contribution in [1.82, 2.24) is 10.3 Å². The quantitative estimate of drug-likeness (QED) is 0.870. The first-order valence-corrected chi connectivity index (χ1v) is 7.19. The van der Waals surface area contributed by atoms with Crippen molar-refractivity contribution in [2.24, 2.45) is 5.73 Å².